The van der Waals surface area contributed by atoms with Crippen molar-refractivity contribution in [3.8, 4) is 6.07 Å². The number of benzene rings is 1. The number of H-pyrrole nitrogens is 1. The molecule has 0 bridgehead atoms. The Labute approximate surface area is 188 Å². The molecule has 2 aliphatic rings. The SMILES string of the molecule is N#Cc1ccc2c(c1)CN(CCC1CCC(NC(=O)c3c[nH]c4cnccc34)CC1)CC2. The number of aromatic nitrogens is 2. The molecule has 6 heteroatoms. The Morgan fingerprint density at radius 2 is 2.09 bits per heavy atom. The lowest BCUT2D eigenvalue weighted by Gasteiger charge is -2.33. The molecule has 6 nitrogen and oxygen atoms in total. The van der Waals surface area contributed by atoms with Crippen molar-refractivity contribution in [2.75, 3.05) is 13.1 Å². The van der Waals surface area contributed by atoms with Crippen LogP contribution in [0, 0.1) is 17.2 Å². The summed E-state index contributed by atoms with van der Waals surface area (Å²) in [6.45, 7) is 3.17. The molecule has 0 atom stereocenters. The number of aromatic amines is 1. The van der Waals surface area contributed by atoms with Gasteiger partial charge in [0.15, 0.2) is 0 Å². The second kappa shape index (κ2) is 9.13. The molecule has 0 spiro atoms. The molecule has 164 valence electrons. The minimum atomic E-state index is 0.00891. The first-order valence-electron chi connectivity index (χ1n) is 11.7. The monoisotopic (exact) mass is 427 g/mol. The Morgan fingerprint density at radius 1 is 1.22 bits per heavy atom. The van der Waals surface area contributed by atoms with E-state index in [1.807, 2.05) is 12.1 Å². The molecule has 3 heterocycles. The van der Waals surface area contributed by atoms with Crippen LogP contribution >= 0.6 is 0 Å². The molecule has 0 radical (unpaired) electrons. The van der Waals surface area contributed by atoms with Crippen LogP contribution in [0.5, 0.6) is 0 Å². The predicted molar refractivity (Wildman–Crippen MR) is 124 cm³/mol. The summed E-state index contributed by atoms with van der Waals surface area (Å²) in [5, 5.41) is 13.3. The van der Waals surface area contributed by atoms with Crippen molar-refractivity contribution in [3.05, 3.63) is 65.1 Å². The van der Waals surface area contributed by atoms with Gasteiger partial charge in [0.1, 0.15) is 0 Å². The van der Waals surface area contributed by atoms with Gasteiger partial charge in [-0.05, 0) is 80.3 Å². The smallest absolute Gasteiger partial charge is 0.253 e. The highest BCUT2D eigenvalue weighted by molar-refractivity contribution is 6.06. The maximum atomic E-state index is 12.8. The summed E-state index contributed by atoms with van der Waals surface area (Å²) in [4.78, 5) is 22.5. The van der Waals surface area contributed by atoms with Crippen molar-refractivity contribution >= 4 is 16.8 Å². The Bertz CT molecular complexity index is 1150. The van der Waals surface area contributed by atoms with Crippen molar-refractivity contribution in [3.63, 3.8) is 0 Å². The highest BCUT2D eigenvalue weighted by Crippen LogP contribution is 2.29. The number of nitriles is 1. The van der Waals surface area contributed by atoms with E-state index in [0.717, 1.165) is 61.3 Å². The predicted octanol–water partition coefficient (Wildman–Crippen LogP) is 4.17. The van der Waals surface area contributed by atoms with Crippen molar-refractivity contribution in [1.29, 1.82) is 5.26 Å². The van der Waals surface area contributed by atoms with E-state index in [0.29, 0.717) is 5.56 Å². The lowest BCUT2D eigenvalue weighted by atomic mass is 9.83. The zero-order valence-electron chi connectivity index (χ0n) is 18.3. The van der Waals surface area contributed by atoms with Gasteiger partial charge >= 0.3 is 0 Å². The van der Waals surface area contributed by atoms with Crippen molar-refractivity contribution in [2.45, 2.75) is 51.1 Å². The van der Waals surface area contributed by atoms with Crippen molar-refractivity contribution in [2.24, 2.45) is 5.92 Å². The number of amides is 1. The summed E-state index contributed by atoms with van der Waals surface area (Å²) in [5.41, 5.74) is 5.06. The fourth-order valence-electron chi connectivity index (χ4n) is 5.26. The van der Waals surface area contributed by atoms with Crippen LogP contribution in [0.3, 0.4) is 0 Å². The Kier molecular flexibility index (Phi) is 5.91. The molecule has 0 saturated heterocycles. The van der Waals surface area contributed by atoms with Gasteiger partial charge in [-0.1, -0.05) is 6.07 Å². The normalized spacial score (nSPS) is 21.1. The Balaban J connectivity index is 1.08. The molecule has 2 N–H and O–H groups in total. The first-order valence-corrected chi connectivity index (χ1v) is 11.7. The van der Waals surface area contributed by atoms with Gasteiger partial charge in [-0.3, -0.25) is 14.7 Å². The lowest BCUT2D eigenvalue weighted by Crippen LogP contribution is -2.38. The number of rotatable bonds is 5. The first kappa shape index (κ1) is 20.7. The number of carbonyl (C=O) groups is 1. The molecule has 1 saturated carbocycles. The highest BCUT2D eigenvalue weighted by atomic mass is 16.1. The minimum absolute atomic E-state index is 0.00891. The summed E-state index contributed by atoms with van der Waals surface area (Å²) in [7, 11) is 0. The van der Waals surface area contributed by atoms with Crippen molar-refractivity contribution in [1.82, 2.24) is 20.2 Å². The maximum absolute atomic E-state index is 12.8. The van der Waals surface area contributed by atoms with Gasteiger partial charge in [0.05, 0.1) is 28.9 Å². The van der Waals surface area contributed by atoms with E-state index in [-0.39, 0.29) is 11.9 Å². The quantitative estimate of drug-likeness (QED) is 0.640. The van der Waals surface area contributed by atoms with E-state index < -0.39 is 0 Å². The largest absolute Gasteiger partial charge is 0.359 e. The second-order valence-electron chi connectivity index (χ2n) is 9.22. The Morgan fingerprint density at radius 3 is 2.94 bits per heavy atom. The van der Waals surface area contributed by atoms with Crippen LogP contribution in [0.2, 0.25) is 0 Å². The topological polar surface area (TPSA) is 84.8 Å². The lowest BCUT2D eigenvalue weighted by molar-refractivity contribution is 0.0921. The van der Waals surface area contributed by atoms with Crippen LogP contribution in [0.25, 0.3) is 10.9 Å². The molecule has 32 heavy (non-hydrogen) atoms. The summed E-state index contributed by atoms with van der Waals surface area (Å²) in [5.74, 6) is 0.740. The van der Waals surface area contributed by atoms with Crippen LogP contribution in [0.4, 0.5) is 0 Å². The maximum Gasteiger partial charge on any atom is 0.253 e. The first-order chi connectivity index (χ1) is 15.7. The third kappa shape index (κ3) is 4.39. The molecular weight excluding hydrogens is 398 g/mol. The second-order valence-corrected chi connectivity index (χ2v) is 9.22. The van der Waals surface area contributed by atoms with Crippen LogP contribution < -0.4 is 5.32 Å². The summed E-state index contributed by atoms with van der Waals surface area (Å²) in [6, 6.07) is 10.5. The molecule has 1 aromatic carbocycles. The molecule has 2 aromatic heterocycles. The Hall–Kier alpha value is -3.17. The molecule has 1 fully saturated rings. The van der Waals surface area contributed by atoms with Crippen LogP contribution in [0.1, 0.15) is 59.2 Å². The number of hydrogen-bond donors (Lipinski definition) is 2. The van der Waals surface area contributed by atoms with Crippen LogP contribution in [-0.4, -0.2) is 39.9 Å². The minimum Gasteiger partial charge on any atom is -0.359 e. The number of nitrogens with one attached hydrogen (secondary N) is 2. The fourth-order valence-corrected chi connectivity index (χ4v) is 5.26. The standard InChI is InChI=1S/C26H29N5O/c27-14-19-1-4-20-9-12-31(17-21(20)13-19)11-8-18-2-5-22(6-3-18)30-26(32)24-15-29-25-16-28-10-7-23(24)25/h1,4,7,10,13,15-16,18,22,29H,2-3,5-6,8-9,11-12,17H2,(H,30,32). The van der Waals surface area contributed by atoms with Gasteiger partial charge in [-0.15, -0.1) is 0 Å². The average molecular weight is 428 g/mol. The summed E-state index contributed by atoms with van der Waals surface area (Å²) in [6.07, 6.45) is 12.0. The van der Waals surface area contributed by atoms with Gasteiger partial charge in [0, 0.05) is 36.9 Å². The zero-order valence-corrected chi connectivity index (χ0v) is 18.3. The summed E-state index contributed by atoms with van der Waals surface area (Å²) >= 11 is 0. The molecule has 0 unspecified atom stereocenters. The van der Waals surface area contributed by atoms with Crippen LogP contribution in [-0.2, 0) is 13.0 Å². The van der Waals surface area contributed by atoms with E-state index in [9.17, 15) is 4.79 Å². The number of fused-ring (bicyclic) bond motifs is 2. The van der Waals surface area contributed by atoms with Gasteiger partial charge in [0.2, 0.25) is 0 Å². The van der Waals surface area contributed by atoms with Gasteiger partial charge in [-0.2, -0.15) is 5.26 Å². The number of carbonyl (C=O) groups excluding carboxylic acids is 1. The third-order valence-corrected chi connectivity index (χ3v) is 7.19. The van der Waals surface area contributed by atoms with Gasteiger partial charge < -0.3 is 10.3 Å². The molecule has 1 aliphatic carbocycles. The van der Waals surface area contributed by atoms with Crippen molar-refractivity contribution < 1.29 is 4.79 Å². The van der Waals surface area contributed by atoms with E-state index in [2.05, 4.69) is 38.4 Å². The van der Waals surface area contributed by atoms with Gasteiger partial charge in [0.25, 0.3) is 5.91 Å². The van der Waals surface area contributed by atoms with E-state index >= 15 is 0 Å². The van der Waals surface area contributed by atoms with Gasteiger partial charge in [-0.25, -0.2) is 0 Å². The number of pyridine rings is 1. The average Bonchev–Trinajstić information content (AvgIpc) is 3.27. The molecule has 1 aliphatic heterocycles. The highest BCUT2D eigenvalue weighted by Gasteiger charge is 2.25. The number of nitrogens with zero attached hydrogens (tertiary/aromatic N) is 3. The molecule has 5 rings (SSSR count). The molecular formula is C26H29N5O. The third-order valence-electron chi connectivity index (χ3n) is 7.19. The summed E-state index contributed by atoms with van der Waals surface area (Å²) < 4.78 is 0. The molecule has 3 aromatic rings. The number of hydrogen-bond acceptors (Lipinski definition) is 4. The van der Waals surface area contributed by atoms with Crippen LogP contribution in [0.15, 0.2) is 42.9 Å². The molecule has 1 amide bonds. The zero-order chi connectivity index (χ0) is 21.9. The fraction of sp³-hybridized carbons (Fsp3) is 0.423. The van der Waals surface area contributed by atoms with E-state index in [4.69, 9.17) is 5.26 Å². The van der Waals surface area contributed by atoms with E-state index in [1.54, 1.807) is 18.6 Å². The van der Waals surface area contributed by atoms with E-state index in [1.165, 1.54) is 30.4 Å².